The van der Waals surface area contributed by atoms with Gasteiger partial charge in [-0.05, 0) is 17.9 Å². The maximum Gasteiger partial charge on any atom is 0.257 e. The summed E-state index contributed by atoms with van der Waals surface area (Å²) in [6.45, 7) is 3.11. The fraction of sp³-hybridized carbons (Fsp3) is 0.633. The first-order chi connectivity index (χ1) is 16.3. The van der Waals surface area contributed by atoms with Crippen molar-refractivity contribution in [3.8, 4) is 5.75 Å². The van der Waals surface area contributed by atoms with E-state index in [1.54, 1.807) is 0 Å². The van der Waals surface area contributed by atoms with E-state index in [-0.39, 0.29) is 12.5 Å². The van der Waals surface area contributed by atoms with Crippen LogP contribution in [0.4, 0.5) is 0 Å². The number of hydrogen-bond acceptors (Lipinski definition) is 2. The summed E-state index contributed by atoms with van der Waals surface area (Å²) < 4.78 is 5.75. The zero-order valence-corrected chi connectivity index (χ0v) is 21.1. The molecule has 2 rings (SSSR count). The Morgan fingerprint density at radius 2 is 1.18 bits per heavy atom. The summed E-state index contributed by atoms with van der Waals surface area (Å²) in [6.07, 6.45) is 21.8. The van der Waals surface area contributed by atoms with Crippen LogP contribution in [0.25, 0.3) is 10.8 Å². The zero-order chi connectivity index (χ0) is 23.4. The zero-order valence-electron chi connectivity index (χ0n) is 21.1. The van der Waals surface area contributed by atoms with Gasteiger partial charge in [0.2, 0.25) is 0 Å². The van der Waals surface area contributed by atoms with E-state index in [2.05, 4.69) is 24.4 Å². The van der Waals surface area contributed by atoms with Gasteiger partial charge in [-0.2, -0.15) is 0 Å². The highest BCUT2D eigenvalue weighted by Gasteiger charge is 2.05. The minimum absolute atomic E-state index is 0.0381. The number of hydrogen-bond donors (Lipinski definition) is 1. The van der Waals surface area contributed by atoms with Crippen molar-refractivity contribution >= 4 is 16.7 Å². The molecule has 0 bridgehead atoms. The van der Waals surface area contributed by atoms with Crippen LogP contribution in [0, 0.1) is 0 Å². The highest BCUT2D eigenvalue weighted by Crippen LogP contribution is 2.25. The average Bonchev–Trinajstić information content (AvgIpc) is 2.84. The topological polar surface area (TPSA) is 38.3 Å². The molecule has 0 saturated heterocycles. The van der Waals surface area contributed by atoms with Crippen LogP contribution in [0.15, 0.2) is 42.5 Å². The van der Waals surface area contributed by atoms with Crippen LogP contribution in [0.5, 0.6) is 5.75 Å². The molecule has 0 spiro atoms. The third-order valence-electron chi connectivity index (χ3n) is 6.46. The van der Waals surface area contributed by atoms with Gasteiger partial charge in [-0.15, -0.1) is 0 Å². The minimum atomic E-state index is -0.0381. The third kappa shape index (κ3) is 12.7. The van der Waals surface area contributed by atoms with Gasteiger partial charge in [0.1, 0.15) is 5.75 Å². The van der Waals surface area contributed by atoms with Gasteiger partial charge in [-0.3, -0.25) is 4.79 Å². The molecule has 0 heterocycles. The number of carbonyl (C=O) groups excluding carboxylic acids is 1. The summed E-state index contributed by atoms with van der Waals surface area (Å²) in [7, 11) is 0. The van der Waals surface area contributed by atoms with Crippen molar-refractivity contribution in [2.24, 2.45) is 0 Å². The van der Waals surface area contributed by atoms with Crippen molar-refractivity contribution in [2.45, 2.75) is 110 Å². The first kappa shape index (κ1) is 27.2. The predicted octanol–water partition coefficient (Wildman–Crippen LogP) is 8.60. The van der Waals surface area contributed by atoms with Gasteiger partial charge < -0.3 is 10.1 Å². The van der Waals surface area contributed by atoms with Crippen LogP contribution >= 0.6 is 0 Å². The number of nitrogens with one attached hydrogen (secondary N) is 1. The standard InChI is InChI=1S/C30H47NO2/c1-2-3-4-5-6-7-8-9-10-11-12-13-14-15-16-19-25-31-30(32)26-33-29-24-20-22-27-21-17-18-23-28(27)29/h17-18,20-24H,2-16,19,25-26H2,1H3,(H,31,32). The molecule has 0 radical (unpaired) electrons. The first-order valence-corrected chi connectivity index (χ1v) is 13.7. The molecule has 1 amide bonds. The van der Waals surface area contributed by atoms with Crippen molar-refractivity contribution in [3.63, 3.8) is 0 Å². The average molecular weight is 454 g/mol. The SMILES string of the molecule is CCCCCCCCCCCCCCCCCCNC(=O)COc1cccc2ccccc12. The van der Waals surface area contributed by atoms with Crippen LogP contribution in [-0.4, -0.2) is 19.1 Å². The largest absolute Gasteiger partial charge is 0.483 e. The van der Waals surface area contributed by atoms with E-state index >= 15 is 0 Å². The number of carbonyl (C=O) groups is 1. The molecule has 0 fully saturated rings. The van der Waals surface area contributed by atoms with Crippen LogP contribution in [-0.2, 0) is 4.79 Å². The van der Waals surface area contributed by atoms with Crippen LogP contribution in [0.2, 0.25) is 0 Å². The highest BCUT2D eigenvalue weighted by atomic mass is 16.5. The highest BCUT2D eigenvalue weighted by molar-refractivity contribution is 5.88. The molecule has 0 aliphatic rings. The lowest BCUT2D eigenvalue weighted by Crippen LogP contribution is -2.29. The second-order valence-corrected chi connectivity index (χ2v) is 9.42. The van der Waals surface area contributed by atoms with Crippen molar-refractivity contribution in [3.05, 3.63) is 42.5 Å². The van der Waals surface area contributed by atoms with Gasteiger partial charge >= 0.3 is 0 Å². The summed E-state index contributed by atoms with van der Waals surface area (Å²) in [6, 6.07) is 14.0. The Morgan fingerprint density at radius 1 is 0.667 bits per heavy atom. The fourth-order valence-electron chi connectivity index (χ4n) is 4.42. The molecule has 184 valence electrons. The monoisotopic (exact) mass is 453 g/mol. The molecular formula is C30H47NO2. The van der Waals surface area contributed by atoms with Crippen molar-refractivity contribution in [1.82, 2.24) is 5.32 Å². The molecule has 1 N–H and O–H groups in total. The van der Waals surface area contributed by atoms with Gasteiger partial charge in [0, 0.05) is 11.9 Å². The lowest BCUT2D eigenvalue weighted by atomic mass is 10.0. The molecule has 3 heteroatoms. The number of fused-ring (bicyclic) bond motifs is 1. The van der Waals surface area contributed by atoms with Crippen molar-refractivity contribution in [1.29, 1.82) is 0 Å². The van der Waals surface area contributed by atoms with E-state index in [9.17, 15) is 4.79 Å². The Hall–Kier alpha value is -2.03. The molecule has 0 unspecified atom stereocenters. The van der Waals surface area contributed by atoms with Crippen molar-refractivity contribution < 1.29 is 9.53 Å². The van der Waals surface area contributed by atoms with Gasteiger partial charge in [0.25, 0.3) is 5.91 Å². The molecule has 2 aromatic carbocycles. The lowest BCUT2D eigenvalue weighted by molar-refractivity contribution is -0.123. The molecule has 2 aromatic rings. The maximum absolute atomic E-state index is 12.1. The van der Waals surface area contributed by atoms with E-state index in [1.165, 1.54) is 96.3 Å². The molecule has 0 aliphatic carbocycles. The van der Waals surface area contributed by atoms with Crippen LogP contribution in [0.1, 0.15) is 110 Å². The number of unbranched alkanes of at least 4 members (excludes halogenated alkanes) is 15. The summed E-state index contributed by atoms with van der Waals surface area (Å²) in [5.74, 6) is 0.731. The van der Waals surface area contributed by atoms with E-state index in [0.717, 1.165) is 29.5 Å². The van der Waals surface area contributed by atoms with Gasteiger partial charge in [-0.25, -0.2) is 0 Å². The summed E-state index contributed by atoms with van der Waals surface area (Å²) in [5.41, 5.74) is 0. The predicted molar refractivity (Wildman–Crippen MR) is 142 cm³/mol. The van der Waals surface area contributed by atoms with Gasteiger partial charge in [0.05, 0.1) is 0 Å². The lowest BCUT2D eigenvalue weighted by Gasteiger charge is -2.10. The molecule has 0 aromatic heterocycles. The number of amides is 1. The van der Waals surface area contributed by atoms with E-state index in [4.69, 9.17) is 4.74 Å². The van der Waals surface area contributed by atoms with Crippen LogP contribution < -0.4 is 10.1 Å². The Bertz CT molecular complexity index is 753. The Labute approximate surface area is 202 Å². The number of rotatable bonds is 20. The Balaban J connectivity index is 1.35. The molecule has 33 heavy (non-hydrogen) atoms. The maximum atomic E-state index is 12.1. The second kappa shape index (κ2) is 18.4. The van der Waals surface area contributed by atoms with E-state index < -0.39 is 0 Å². The van der Waals surface area contributed by atoms with Crippen LogP contribution in [0.3, 0.4) is 0 Å². The minimum Gasteiger partial charge on any atom is -0.483 e. The molecule has 0 saturated carbocycles. The number of ether oxygens (including phenoxy) is 1. The van der Waals surface area contributed by atoms with Gasteiger partial charge in [-0.1, -0.05) is 140 Å². The third-order valence-corrected chi connectivity index (χ3v) is 6.46. The Morgan fingerprint density at radius 3 is 1.79 bits per heavy atom. The summed E-state index contributed by atoms with van der Waals surface area (Å²) >= 11 is 0. The van der Waals surface area contributed by atoms with Crippen molar-refractivity contribution in [2.75, 3.05) is 13.2 Å². The van der Waals surface area contributed by atoms with E-state index in [1.807, 2.05) is 30.3 Å². The summed E-state index contributed by atoms with van der Waals surface area (Å²) in [5, 5.41) is 5.16. The molecule has 0 atom stereocenters. The molecule has 0 aliphatic heterocycles. The normalized spacial score (nSPS) is 11.1. The number of benzene rings is 2. The molecular weight excluding hydrogens is 406 g/mol. The Kier molecular flexibility index (Phi) is 15.2. The molecule has 3 nitrogen and oxygen atoms in total. The summed E-state index contributed by atoms with van der Waals surface area (Å²) in [4.78, 5) is 12.1. The first-order valence-electron chi connectivity index (χ1n) is 13.7. The van der Waals surface area contributed by atoms with E-state index in [0.29, 0.717) is 0 Å². The van der Waals surface area contributed by atoms with Gasteiger partial charge in [0.15, 0.2) is 6.61 Å². The fourth-order valence-corrected chi connectivity index (χ4v) is 4.42. The smallest absolute Gasteiger partial charge is 0.257 e. The quantitative estimate of drug-likeness (QED) is 0.204. The second-order valence-electron chi connectivity index (χ2n) is 9.42.